The van der Waals surface area contributed by atoms with Crippen molar-refractivity contribution in [1.29, 1.82) is 0 Å². The van der Waals surface area contributed by atoms with Crippen molar-refractivity contribution >= 4 is 21.9 Å². The van der Waals surface area contributed by atoms with E-state index in [2.05, 4.69) is 25.1 Å². The van der Waals surface area contributed by atoms with E-state index in [0.717, 1.165) is 27.5 Å². The third kappa shape index (κ3) is 3.28. The molecule has 0 bridgehead atoms. The number of halogens is 1. The highest BCUT2D eigenvalue weighted by atomic mass is 19.1. The van der Waals surface area contributed by atoms with Crippen LogP contribution < -0.4 is 4.74 Å². The van der Waals surface area contributed by atoms with Gasteiger partial charge in [0.25, 0.3) is 0 Å². The summed E-state index contributed by atoms with van der Waals surface area (Å²) in [6, 6.07) is 16.1. The zero-order valence-corrected chi connectivity index (χ0v) is 17.5. The van der Waals surface area contributed by atoms with Crippen molar-refractivity contribution in [2.24, 2.45) is 0 Å². The summed E-state index contributed by atoms with van der Waals surface area (Å²) in [5, 5.41) is 8.49. The Kier molecular flexibility index (Phi) is 4.36. The van der Waals surface area contributed by atoms with Crippen LogP contribution in [0.15, 0.2) is 73.2 Å². The molecule has 6 aromatic rings. The molecule has 0 fully saturated rings. The molecule has 0 atom stereocenters. The van der Waals surface area contributed by atoms with Crippen molar-refractivity contribution in [3.05, 3.63) is 79.0 Å². The second-order valence-electron chi connectivity index (χ2n) is 7.60. The lowest BCUT2D eigenvalue weighted by Gasteiger charge is -2.04. The lowest BCUT2D eigenvalue weighted by molar-refractivity contribution is 0.413. The number of nitrogens with one attached hydrogen (secondary N) is 2. The molecule has 33 heavy (non-hydrogen) atoms. The van der Waals surface area contributed by atoms with Crippen LogP contribution in [0.2, 0.25) is 0 Å². The fourth-order valence-corrected chi connectivity index (χ4v) is 3.96. The average molecular weight is 436 g/mol. The van der Waals surface area contributed by atoms with Gasteiger partial charge in [0.1, 0.15) is 22.8 Å². The van der Waals surface area contributed by atoms with E-state index < -0.39 is 0 Å². The second kappa shape index (κ2) is 7.52. The zero-order valence-electron chi connectivity index (χ0n) is 17.5. The summed E-state index contributed by atoms with van der Waals surface area (Å²) in [6.07, 6.45) is 5.15. The van der Waals surface area contributed by atoms with E-state index in [1.165, 1.54) is 12.1 Å². The lowest BCUT2D eigenvalue weighted by Crippen LogP contribution is -1.87. The van der Waals surface area contributed by atoms with Gasteiger partial charge < -0.3 is 9.72 Å². The summed E-state index contributed by atoms with van der Waals surface area (Å²) in [5.41, 5.74) is 6.21. The number of aromatic nitrogens is 6. The van der Waals surface area contributed by atoms with Gasteiger partial charge in [0.15, 0.2) is 5.82 Å². The smallest absolute Gasteiger partial charge is 0.159 e. The molecule has 0 aliphatic carbocycles. The topological polar surface area (TPSA) is 92.4 Å². The van der Waals surface area contributed by atoms with Crippen molar-refractivity contribution in [2.45, 2.75) is 0 Å². The second-order valence-corrected chi connectivity index (χ2v) is 7.60. The minimum absolute atomic E-state index is 0.320. The number of aromatic amines is 2. The minimum Gasteiger partial charge on any atom is -0.495 e. The predicted octanol–water partition coefficient (Wildman–Crippen LogP) is 5.38. The molecule has 2 aromatic carbocycles. The summed E-state index contributed by atoms with van der Waals surface area (Å²) in [6.45, 7) is 0. The monoisotopic (exact) mass is 436 g/mol. The van der Waals surface area contributed by atoms with Crippen molar-refractivity contribution in [2.75, 3.05) is 7.11 Å². The Bertz CT molecular complexity index is 1640. The van der Waals surface area contributed by atoms with Crippen LogP contribution in [0.5, 0.6) is 5.75 Å². The van der Waals surface area contributed by atoms with Crippen LogP contribution in [-0.2, 0) is 0 Å². The lowest BCUT2D eigenvalue weighted by atomic mass is 10.0. The van der Waals surface area contributed by atoms with E-state index in [9.17, 15) is 4.39 Å². The van der Waals surface area contributed by atoms with Gasteiger partial charge in [0.05, 0.1) is 30.0 Å². The molecule has 0 saturated heterocycles. The number of ether oxygens (including phenoxy) is 1. The maximum atomic E-state index is 13.8. The highest BCUT2D eigenvalue weighted by molar-refractivity contribution is 5.97. The minimum atomic E-state index is -0.320. The van der Waals surface area contributed by atoms with E-state index in [0.29, 0.717) is 34.0 Å². The quantitative estimate of drug-likeness (QED) is 0.387. The van der Waals surface area contributed by atoms with Crippen molar-refractivity contribution in [3.63, 3.8) is 0 Å². The SMILES string of the molecule is COc1cncc(-c2ccc3[nH]nc(-c4nc5c(-c6cccc(F)c6)nccc5[nH]4)c3c2)c1. The molecule has 0 radical (unpaired) electrons. The normalized spacial score (nSPS) is 11.3. The average Bonchev–Trinajstić information content (AvgIpc) is 3.47. The summed E-state index contributed by atoms with van der Waals surface area (Å²) in [5.74, 6) is 0.970. The number of imidazole rings is 1. The Balaban J connectivity index is 1.49. The van der Waals surface area contributed by atoms with Gasteiger partial charge in [-0.3, -0.25) is 15.1 Å². The van der Waals surface area contributed by atoms with Crippen LogP contribution in [0.4, 0.5) is 4.39 Å². The van der Waals surface area contributed by atoms with E-state index in [1.807, 2.05) is 36.4 Å². The number of nitrogens with zero attached hydrogens (tertiary/aromatic N) is 4. The van der Waals surface area contributed by atoms with Gasteiger partial charge in [-0.15, -0.1) is 0 Å². The third-order valence-corrected chi connectivity index (χ3v) is 5.57. The molecular weight excluding hydrogens is 419 g/mol. The van der Waals surface area contributed by atoms with Gasteiger partial charge in [-0.2, -0.15) is 5.10 Å². The molecule has 6 rings (SSSR count). The highest BCUT2D eigenvalue weighted by Crippen LogP contribution is 2.33. The van der Waals surface area contributed by atoms with E-state index in [1.54, 1.807) is 31.8 Å². The number of rotatable bonds is 4. The van der Waals surface area contributed by atoms with Gasteiger partial charge in [0, 0.05) is 28.9 Å². The fraction of sp³-hybridized carbons (Fsp3) is 0.0400. The molecule has 0 saturated carbocycles. The molecule has 8 heteroatoms. The molecule has 2 N–H and O–H groups in total. The first-order valence-electron chi connectivity index (χ1n) is 10.3. The Morgan fingerprint density at radius 2 is 1.82 bits per heavy atom. The standard InChI is InChI=1S/C25H17FN6O/c1-33-18-10-16(12-27-13-18)14-5-6-20-19(11-14)23(32-31-20)25-29-21-7-8-28-22(24(21)30-25)15-3-2-4-17(26)9-15/h2-13H,1H3,(H,29,30)(H,31,32). The van der Waals surface area contributed by atoms with Crippen LogP contribution >= 0.6 is 0 Å². The molecule has 0 amide bonds. The van der Waals surface area contributed by atoms with Gasteiger partial charge in [-0.25, -0.2) is 9.37 Å². The maximum Gasteiger partial charge on any atom is 0.159 e. The predicted molar refractivity (Wildman–Crippen MR) is 124 cm³/mol. The largest absolute Gasteiger partial charge is 0.495 e. The Morgan fingerprint density at radius 1 is 0.879 bits per heavy atom. The number of fused-ring (bicyclic) bond motifs is 2. The molecule has 0 aliphatic heterocycles. The molecule has 160 valence electrons. The zero-order chi connectivity index (χ0) is 22.4. The molecule has 4 aromatic heterocycles. The Morgan fingerprint density at radius 3 is 2.70 bits per heavy atom. The number of hydrogen-bond acceptors (Lipinski definition) is 5. The van der Waals surface area contributed by atoms with E-state index in [4.69, 9.17) is 9.72 Å². The summed E-state index contributed by atoms with van der Waals surface area (Å²) >= 11 is 0. The molecule has 0 unspecified atom stereocenters. The van der Waals surface area contributed by atoms with Crippen LogP contribution in [0.25, 0.3) is 55.8 Å². The van der Waals surface area contributed by atoms with Gasteiger partial charge in [-0.1, -0.05) is 18.2 Å². The summed E-state index contributed by atoms with van der Waals surface area (Å²) in [4.78, 5) is 16.8. The molecule has 0 spiro atoms. The third-order valence-electron chi connectivity index (χ3n) is 5.57. The number of benzene rings is 2. The number of pyridine rings is 2. The van der Waals surface area contributed by atoms with E-state index >= 15 is 0 Å². The Labute approximate surface area is 187 Å². The highest BCUT2D eigenvalue weighted by Gasteiger charge is 2.16. The first kappa shape index (κ1) is 19.1. The molecule has 7 nitrogen and oxygen atoms in total. The van der Waals surface area contributed by atoms with Crippen LogP contribution in [0.1, 0.15) is 0 Å². The summed E-state index contributed by atoms with van der Waals surface area (Å²) < 4.78 is 19.1. The number of hydrogen-bond donors (Lipinski definition) is 2. The molecular formula is C25H17FN6O. The van der Waals surface area contributed by atoms with Crippen LogP contribution in [0, 0.1) is 5.82 Å². The fourth-order valence-electron chi connectivity index (χ4n) is 3.96. The molecule has 0 aliphatic rings. The number of methoxy groups -OCH3 is 1. The van der Waals surface area contributed by atoms with Gasteiger partial charge in [-0.05, 0) is 42.0 Å². The van der Waals surface area contributed by atoms with E-state index in [-0.39, 0.29) is 5.82 Å². The summed E-state index contributed by atoms with van der Waals surface area (Å²) in [7, 11) is 1.62. The van der Waals surface area contributed by atoms with Crippen LogP contribution in [0.3, 0.4) is 0 Å². The maximum absolute atomic E-state index is 13.8. The van der Waals surface area contributed by atoms with Crippen molar-refractivity contribution in [1.82, 2.24) is 30.1 Å². The van der Waals surface area contributed by atoms with Crippen LogP contribution in [-0.4, -0.2) is 37.2 Å². The number of H-pyrrole nitrogens is 2. The van der Waals surface area contributed by atoms with Gasteiger partial charge >= 0.3 is 0 Å². The Hall–Kier alpha value is -4.59. The molecule has 4 heterocycles. The first-order chi connectivity index (χ1) is 16.2. The van der Waals surface area contributed by atoms with Crippen molar-refractivity contribution in [3.8, 4) is 39.7 Å². The van der Waals surface area contributed by atoms with Crippen molar-refractivity contribution < 1.29 is 9.13 Å². The van der Waals surface area contributed by atoms with Gasteiger partial charge in [0.2, 0.25) is 0 Å². The first-order valence-corrected chi connectivity index (χ1v) is 10.3.